The Morgan fingerprint density at radius 1 is 1.22 bits per heavy atom. The zero-order chi connectivity index (χ0) is 15.6. The largest absolute Gasteiger partial charge is 0.486 e. The van der Waals surface area contributed by atoms with Gasteiger partial charge in [0.2, 0.25) is 5.91 Å². The van der Waals surface area contributed by atoms with Crippen molar-refractivity contribution in [2.75, 3.05) is 19.8 Å². The van der Waals surface area contributed by atoms with Crippen LogP contribution >= 0.6 is 0 Å². The highest BCUT2D eigenvalue weighted by Gasteiger charge is 2.34. The molecule has 3 aliphatic rings. The summed E-state index contributed by atoms with van der Waals surface area (Å²) in [7, 11) is 0. The first kappa shape index (κ1) is 14.8. The molecule has 2 heterocycles. The van der Waals surface area contributed by atoms with Crippen LogP contribution in [0.2, 0.25) is 0 Å². The second-order valence-electron chi connectivity index (χ2n) is 6.78. The molecule has 1 saturated carbocycles. The fraction of sp³-hybridized carbons (Fsp3) is 0.611. The molecule has 5 heteroatoms. The van der Waals surface area contributed by atoms with E-state index in [0.717, 1.165) is 30.0 Å². The van der Waals surface area contributed by atoms with Gasteiger partial charge in [-0.25, -0.2) is 0 Å². The van der Waals surface area contributed by atoms with Gasteiger partial charge in [-0.1, -0.05) is 6.07 Å². The fourth-order valence-electron chi connectivity index (χ4n) is 3.54. The maximum atomic E-state index is 12.4. The van der Waals surface area contributed by atoms with E-state index in [9.17, 15) is 4.79 Å². The van der Waals surface area contributed by atoms with Crippen LogP contribution in [-0.4, -0.2) is 31.7 Å². The molecule has 2 atom stereocenters. The molecule has 1 amide bonds. The smallest absolute Gasteiger partial charge is 0.222 e. The number of hydrogen-bond acceptors (Lipinski definition) is 4. The molecular weight excluding hydrogens is 292 g/mol. The molecule has 1 saturated heterocycles. The van der Waals surface area contributed by atoms with E-state index in [1.807, 2.05) is 12.1 Å². The van der Waals surface area contributed by atoms with Gasteiger partial charge < -0.3 is 20.1 Å². The van der Waals surface area contributed by atoms with Crippen molar-refractivity contribution in [3.05, 3.63) is 23.8 Å². The molecule has 0 spiro atoms. The summed E-state index contributed by atoms with van der Waals surface area (Å²) in [6, 6.07) is 6.50. The minimum Gasteiger partial charge on any atom is -0.486 e. The molecule has 2 unspecified atom stereocenters. The third kappa shape index (κ3) is 3.44. The van der Waals surface area contributed by atoms with E-state index in [1.54, 1.807) is 0 Å². The Morgan fingerprint density at radius 3 is 2.78 bits per heavy atom. The Morgan fingerprint density at radius 2 is 2.04 bits per heavy atom. The maximum absolute atomic E-state index is 12.4. The standard InChI is InChI=1S/C18H24N2O3/c21-17(11-14-2-1-7-19-14)20-18(12-3-4-12)13-5-6-15-16(10-13)23-9-8-22-15/h5-6,10,12,14,18-19H,1-4,7-9,11H2,(H,20,21). The van der Waals surface area contributed by atoms with Crippen LogP contribution < -0.4 is 20.1 Å². The van der Waals surface area contributed by atoms with Gasteiger partial charge in [-0.15, -0.1) is 0 Å². The Hall–Kier alpha value is -1.75. The first-order valence-corrected chi connectivity index (χ1v) is 8.72. The highest BCUT2D eigenvalue weighted by molar-refractivity contribution is 5.77. The van der Waals surface area contributed by atoms with E-state index < -0.39 is 0 Å². The molecule has 0 bridgehead atoms. The first-order valence-electron chi connectivity index (χ1n) is 8.72. The summed E-state index contributed by atoms with van der Waals surface area (Å²) < 4.78 is 11.3. The van der Waals surface area contributed by atoms with Crippen LogP contribution in [0, 0.1) is 5.92 Å². The van der Waals surface area contributed by atoms with Gasteiger partial charge >= 0.3 is 0 Å². The van der Waals surface area contributed by atoms with Gasteiger partial charge in [0, 0.05) is 12.5 Å². The number of hydrogen-bond donors (Lipinski definition) is 2. The van der Waals surface area contributed by atoms with Crippen LogP contribution in [0.1, 0.15) is 43.7 Å². The normalized spacial score (nSPS) is 24.3. The highest BCUT2D eigenvalue weighted by Crippen LogP contribution is 2.43. The highest BCUT2D eigenvalue weighted by atomic mass is 16.6. The maximum Gasteiger partial charge on any atom is 0.222 e. The van der Waals surface area contributed by atoms with E-state index in [2.05, 4.69) is 16.7 Å². The molecule has 0 radical (unpaired) electrons. The van der Waals surface area contributed by atoms with Gasteiger partial charge in [-0.2, -0.15) is 0 Å². The van der Waals surface area contributed by atoms with E-state index in [4.69, 9.17) is 9.47 Å². The molecule has 5 nitrogen and oxygen atoms in total. The number of nitrogens with one attached hydrogen (secondary N) is 2. The first-order chi connectivity index (χ1) is 11.3. The monoisotopic (exact) mass is 316 g/mol. The summed E-state index contributed by atoms with van der Waals surface area (Å²) in [6.45, 7) is 2.22. The third-order valence-electron chi connectivity index (χ3n) is 4.93. The van der Waals surface area contributed by atoms with Gasteiger partial charge in [0.15, 0.2) is 11.5 Å². The number of amides is 1. The lowest BCUT2D eigenvalue weighted by atomic mass is 10.0. The quantitative estimate of drug-likeness (QED) is 0.874. The Labute approximate surface area is 136 Å². The van der Waals surface area contributed by atoms with Crippen molar-refractivity contribution in [3.63, 3.8) is 0 Å². The fourth-order valence-corrected chi connectivity index (χ4v) is 3.54. The Balaban J connectivity index is 1.46. The SMILES string of the molecule is O=C(CC1CCCN1)NC(c1ccc2c(c1)OCCO2)C1CC1. The van der Waals surface area contributed by atoms with E-state index in [1.165, 1.54) is 19.3 Å². The molecule has 1 aromatic carbocycles. The lowest BCUT2D eigenvalue weighted by molar-refractivity contribution is -0.122. The molecular formula is C18H24N2O3. The van der Waals surface area contributed by atoms with Gasteiger partial charge in [0.25, 0.3) is 0 Å². The van der Waals surface area contributed by atoms with Gasteiger partial charge in [0.05, 0.1) is 6.04 Å². The molecule has 2 aliphatic heterocycles. The molecule has 23 heavy (non-hydrogen) atoms. The van der Waals surface area contributed by atoms with Crippen LogP contribution in [0.4, 0.5) is 0 Å². The molecule has 2 N–H and O–H groups in total. The van der Waals surface area contributed by atoms with Crippen molar-refractivity contribution in [2.24, 2.45) is 5.92 Å². The number of carbonyl (C=O) groups is 1. The number of benzene rings is 1. The number of carbonyl (C=O) groups excluding carboxylic acids is 1. The van der Waals surface area contributed by atoms with Crippen molar-refractivity contribution in [2.45, 2.75) is 44.2 Å². The van der Waals surface area contributed by atoms with Gasteiger partial charge in [-0.3, -0.25) is 4.79 Å². The second kappa shape index (κ2) is 6.40. The summed E-state index contributed by atoms with van der Waals surface area (Å²) in [4.78, 5) is 12.4. The summed E-state index contributed by atoms with van der Waals surface area (Å²) in [5.74, 6) is 2.30. The molecule has 4 rings (SSSR count). The molecule has 1 aromatic rings. The Bertz CT molecular complexity index is 580. The van der Waals surface area contributed by atoms with Crippen molar-refractivity contribution in [1.82, 2.24) is 10.6 Å². The molecule has 2 fully saturated rings. The summed E-state index contributed by atoms with van der Waals surface area (Å²) >= 11 is 0. The molecule has 124 valence electrons. The number of ether oxygens (including phenoxy) is 2. The van der Waals surface area contributed by atoms with Crippen LogP contribution in [0.3, 0.4) is 0 Å². The minimum absolute atomic E-state index is 0.0970. The van der Waals surface area contributed by atoms with Gasteiger partial charge in [0.1, 0.15) is 13.2 Å². The van der Waals surface area contributed by atoms with E-state index >= 15 is 0 Å². The predicted molar refractivity (Wildman–Crippen MR) is 86.7 cm³/mol. The average Bonchev–Trinajstić information content (AvgIpc) is 3.29. The molecule has 1 aliphatic carbocycles. The number of fused-ring (bicyclic) bond motifs is 1. The van der Waals surface area contributed by atoms with Crippen LogP contribution in [0.15, 0.2) is 18.2 Å². The third-order valence-corrected chi connectivity index (χ3v) is 4.93. The van der Waals surface area contributed by atoms with Crippen molar-refractivity contribution in [3.8, 4) is 11.5 Å². The number of rotatable bonds is 5. The Kier molecular flexibility index (Phi) is 4.12. The summed E-state index contributed by atoms with van der Waals surface area (Å²) in [5.41, 5.74) is 1.13. The van der Waals surface area contributed by atoms with Crippen LogP contribution in [0.5, 0.6) is 11.5 Å². The van der Waals surface area contributed by atoms with E-state index in [0.29, 0.717) is 31.6 Å². The van der Waals surface area contributed by atoms with Crippen molar-refractivity contribution < 1.29 is 14.3 Å². The minimum atomic E-state index is 0.0970. The molecule has 0 aromatic heterocycles. The van der Waals surface area contributed by atoms with Crippen LogP contribution in [-0.2, 0) is 4.79 Å². The van der Waals surface area contributed by atoms with Crippen molar-refractivity contribution in [1.29, 1.82) is 0 Å². The van der Waals surface area contributed by atoms with Gasteiger partial charge in [-0.05, 0) is 55.8 Å². The predicted octanol–water partition coefficient (Wildman–Crippen LogP) is 2.17. The lowest BCUT2D eigenvalue weighted by Crippen LogP contribution is -2.35. The average molecular weight is 316 g/mol. The van der Waals surface area contributed by atoms with E-state index in [-0.39, 0.29) is 11.9 Å². The topological polar surface area (TPSA) is 59.6 Å². The second-order valence-corrected chi connectivity index (χ2v) is 6.78. The van der Waals surface area contributed by atoms with Crippen LogP contribution in [0.25, 0.3) is 0 Å². The zero-order valence-corrected chi connectivity index (χ0v) is 13.3. The summed E-state index contributed by atoms with van der Waals surface area (Å²) in [5, 5.41) is 6.64. The lowest BCUT2D eigenvalue weighted by Gasteiger charge is -2.23. The zero-order valence-electron chi connectivity index (χ0n) is 13.3. The van der Waals surface area contributed by atoms with Crippen molar-refractivity contribution >= 4 is 5.91 Å². The summed E-state index contributed by atoms with van der Waals surface area (Å²) in [6.07, 6.45) is 5.22.